The third kappa shape index (κ3) is 4.02. The van der Waals surface area contributed by atoms with Gasteiger partial charge in [0.1, 0.15) is 5.01 Å². The molecule has 0 spiro atoms. The van der Waals surface area contributed by atoms with E-state index in [-0.39, 0.29) is 11.9 Å². The number of Topliss-reactive ketones (excluding diaryl/α,β-unsaturated/α-hetero) is 1. The zero-order chi connectivity index (χ0) is 21.1. The number of carbonyl (C=O) groups excluding carboxylic acids is 3. The lowest BCUT2D eigenvalue weighted by Crippen LogP contribution is -2.56. The first-order chi connectivity index (χ1) is 14.5. The summed E-state index contributed by atoms with van der Waals surface area (Å²) in [5.74, 6) is -1.12. The van der Waals surface area contributed by atoms with Gasteiger partial charge in [0.05, 0.1) is 0 Å². The summed E-state index contributed by atoms with van der Waals surface area (Å²) in [6.07, 6.45) is 1.73. The molecule has 30 heavy (non-hydrogen) atoms. The van der Waals surface area contributed by atoms with Crippen molar-refractivity contribution in [2.24, 2.45) is 0 Å². The van der Waals surface area contributed by atoms with E-state index in [1.165, 1.54) is 11.3 Å². The van der Waals surface area contributed by atoms with Gasteiger partial charge in [0.25, 0.3) is 11.8 Å². The molecule has 6 nitrogen and oxygen atoms in total. The molecule has 0 saturated carbocycles. The maximum absolute atomic E-state index is 12.8. The number of carbonyl (C=O) groups is 3. The number of rotatable bonds is 4. The van der Waals surface area contributed by atoms with Gasteiger partial charge in [0.2, 0.25) is 5.78 Å². The van der Waals surface area contributed by atoms with E-state index in [0.717, 1.165) is 10.6 Å². The van der Waals surface area contributed by atoms with Crippen LogP contribution in [0.25, 0.3) is 10.6 Å². The summed E-state index contributed by atoms with van der Waals surface area (Å²) in [5, 5.41) is 2.76. The summed E-state index contributed by atoms with van der Waals surface area (Å²) in [7, 11) is 0. The first-order valence-corrected chi connectivity index (χ1v) is 10.6. The second kappa shape index (κ2) is 8.59. The number of piperazine rings is 1. The molecule has 1 atom stereocenters. The molecule has 0 radical (unpaired) electrons. The molecule has 1 fully saturated rings. The number of benzene rings is 2. The average molecular weight is 420 g/mol. The largest absolute Gasteiger partial charge is 0.335 e. The van der Waals surface area contributed by atoms with Crippen molar-refractivity contribution >= 4 is 28.9 Å². The lowest BCUT2D eigenvalue weighted by molar-refractivity contribution is -0.130. The molecule has 4 rings (SSSR count). The zero-order valence-corrected chi connectivity index (χ0v) is 17.3. The van der Waals surface area contributed by atoms with Crippen molar-refractivity contribution in [3.8, 4) is 10.6 Å². The molecule has 152 valence electrons. The van der Waals surface area contributed by atoms with Crippen LogP contribution in [0.4, 0.5) is 0 Å². The molecule has 0 aliphatic carbocycles. The van der Waals surface area contributed by atoms with Gasteiger partial charge in [-0.3, -0.25) is 14.4 Å². The van der Waals surface area contributed by atoms with E-state index in [2.05, 4.69) is 4.98 Å². The second-order valence-corrected chi connectivity index (χ2v) is 8.10. The van der Waals surface area contributed by atoms with Crippen molar-refractivity contribution in [1.29, 1.82) is 0 Å². The highest BCUT2D eigenvalue weighted by Crippen LogP contribution is 2.22. The minimum atomic E-state index is -0.532. The Kier molecular flexibility index (Phi) is 5.72. The van der Waals surface area contributed by atoms with Gasteiger partial charge in [0.15, 0.2) is 0 Å². The van der Waals surface area contributed by atoms with Gasteiger partial charge < -0.3 is 9.80 Å². The van der Waals surface area contributed by atoms with Gasteiger partial charge in [-0.15, -0.1) is 11.3 Å². The Morgan fingerprint density at radius 3 is 2.33 bits per heavy atom. The van der Waals surface area contributed by atoms with E-state index in [1.54, 1.807) is 52.4 Å². The van der Waals surface area contributed by atoms with Crippen LogP contribution in [0, 0.1) is 0 Å². The van der Waals surface area contributed by atoms with Crippen molar-refractivity contribution in [1.82, 2.24) is 14.8 Å². The number of aromatic nitrogens is 1. The smallest absolute Gasteiger partial charge is 0.295 e. The van der Waals surface area contributed by atoms with E-state index < -0.39 is 11.7 Å². The van der Waals surface area contributed by atoms with Crippen LogP contribution in [0.2, 0.25) is 0 Å². The Morgan fingerprint density at radius 1 is 0.967 bits per heavy atom. The number of hydrogen-bond donors (Lipinski definition) is 0. The quantitative estimate of drug-likeness (QED) is 0.480. The molecule has 2 heterocycles. The molecule has 1 aliphatic heterocycles. The van der Waals surface area contributed by atoms with Crippen LogP contribution < -0.4 is 0 Å². The molecule has 0 bridgehead atoms. The highest BCUT2D eigenvalue weighted by atomic mass is 32.1. The summed E-state index contributed by atoms with van der Waals surface area (Å²) >= 11 is 1.52. The van der Waals surface area contributed by atoms with Gasteiger partial charge >= 0.3 is 0 Å². The second-order valence-electron chi connectivity index (χ2n) is 7.21. The SMILES string of the molecule is C[C@@H]1CN(C(=O)c2ccccc2)CCN1C(=O)C(=O)c1ccc(-c2nccs2)cc1. The van der Waals surface area contributed by atoms with Crippen LogP contribution in [0.5, 0.6) is 0 Å². The fourth-order valence-electron chi connectivity index (χ4n) is 3.59. The molecular weight excluding hydrogens is 398 g/mol. The summed E-state index contributed by atoms with van der Waals surface area (Å²) in [4.78, 5) is 45.8. The topological polar surface area (TPSA) is 70.6 Å². The zero-order valence-electron chi connectivity index (χ0n) is 16.5. The molecule has 2 amide bonds. The van der Waals surface area contributed by atoms with Crippen molar-refractivity contribution in [3.05, 3.63) is 77.3 Å². The van der Waals surface area contributed by atoms with Gasteiger partial charge in [-0.2, -0.15) is 0 Å². The molecule has 3 aromatic rings. The summed E-state index contributed by atoms with van der Waals surface area (Å²) < 4.78 is 0. The minimum absolute atomic E-state index is 0.0568. The fourth-order valence-corrected chi connectivity index (χ4v) is 4.24. The van der Waals surface area contributed by atoms with E-state index in [4.69, 9.17) is 0 Å². The Hall–Kier alpha value is -3.32. The Morgan fingerprint density at radius 2 is 1.70 bits per heavy atom. The van der Waals surface area contributed by atoms with E-state index in [0.29, 0.717) is 30.8 Å². The van der Waals surface area contributed by atoms with Crippen LogP contribution in [0.15, 0.2) is 66.2 Å². The van der Waals surface area contributed by atoms with Crippen molar-refractivity contribution in [3.63, 3.8) is 0 Å². The van der Waals surface area contributed by atoms with Crippen LogP contribution in [-0.4, -0.2) is 58.1 Å². The molecule has 1 aliphatic rings. The Labute approximate surface area is 178 Å². The third-order valence-electron chi connectivity index (χ3n) is 5.22. The van der Waals surface area contributed by atoms with Crippen LogP contribution in [0.3, 0.4) is 0 Å². The predicted molar refractivity (Wildman–Crippen MR) is 115 cm³/mol. The molecular formula is C23H21N3O3S. The molecule has 1 saturated heterocycles. The van der Waals surface area contributed by atoms with Gasteiger partial charge in [-0.25, -0.2) is 4.98 Å². The van der Waals surface area contributed by atoms with Gasteiger partial charge in [0, 0.05) is 53.9 Å². The third-order valence-corrected chi connectivity index (χ3v) is 6.04. The lowest BCUT2D eigenvalue weighted by Gasteiger charge is -2.39. The standard InChI is InChI=1S/C23H21N3O3S/c1-16-15-25(22(28)19-5-3-2-4-6-19)12-13-26(16)23(29)20(27)17-7-9-18(10-8-17)21-24-11-14-30-21/h2-11,14,16H,12-13,15H2,1H3/t16-/m1/s1. The minimum Gasteiger partial charge on any atom is -0.335 e. The predicted octanol–water partition coefficient (Wildman–Crippen LogP) is 3.37. The Bertz CT molecular complexity index is 1050. The van der Waals surface area contributed by atoms with E-state index >= 15 is 0 Å². The number of thiazole rings is 1. The average Bonchev–Trinajstić information content (AvgIpc) is 3.33. The van der Waals surface area contributed by atoms with Crippen LogP contribution in [0.1, 0.15) is 27.6 Å². The summed E-state index contributed by atoms with van der Waals surface area (Å²) in [6.45, 7) is 3.00. The van der Waals surface area contributed by atoms with Crippen LogP contribution >= 0.6 is 11.3 Å². The number of hydrogen-bond acceptors (Lipinski definition) is 5. The molecule has 7 heteroatoms. The van der Waals surface area contributed by atoms with Gasteiger partial charge in [-0.05, 0) is 19.1 Å². The van der Waals surface area contributed by atoms with Crippen molar-refractivity contribution < 1.29 is 14.4 Å². The highest BCUT2D eigenvalue weighted by Gasteiger charge is 2.33. The van der Waals surface area contributed by atoms with E-state index in [9.17, 15) is 14.4 Å². The maximum Gasteiger partial charge on any atom is 0.295 e. The fraction of sp³-hybridized carbons (Fsp3) is 0.217. The molecule has 0 unspecified atom stereocenters. The molecule has 2 aromatic carbocycles. The van der Waals surface area contributed by atoms with Crippen molar-refractivity contribution in [2.45, 2.75) is 13.0 Å². The van der Waals surface area contributed by atoms with Crippen molar-refractivity contribution in [2.75, 3.05) is 19.6 Å². The van der Waals surface area contributed by atoms with Crippen LogP contribution in [-0.2, 0) is 4.79 Å². The maximum atomic E-state index is 12.8. The molecule has 1 aromatic heterocycles. The summed E-state index contributed by atoms with van der Waals surface area (Å²) in [5.41, 5.74) is 1.89. The monoisotopic (exact) mass is 419 g/mol. The highest BCUT2D eigenvalue weighted by molar-refractivity contribution is 7.13. The summed E-state index contributed by atoms with van der Waals surface area (Å²) in [6, 6.07) is 15.8. The first-order valence-electron chi connectivity index (χ1n) is 9.74. The number of ketones is 1. The first kappa shape index (κ1) is 20.0. The Balaban J connectivity index is 1.41. The number of nitrogens with zero attached hydrogens (tertiary/aromatic N) is 3. The molecule has 0 N–H and O–H groups in total. The lowest BCUT2D eigenvalue weighted by atomic mass is 10.1. The van der Waals surface area contributed by atoms with Gasteiger partial charge in [-0.1, -0.05) is 42.5 Å². The van der Waals surface area contributed by atoms with E-state index in [1.807, 2.05) is 30.5 Å². The number of amides is 2. The normalized spacial score (nSPS) is 16.4.